The maximum Gasteiger partial charge on any atom is 0.346 e. The molecule has 0 atom stereocenters. The highest BCUT2D eigenvalue weighted by Gasteiger charge is 2.24. The molecule has 0 aliphatic rings. The number of carboxylic acids is 1. The molecule has 2 rings (SSSR count). The molecular formula is C13H13N3O5. The van der Waals surface area contributed by atoms with Crippen molar-refractivity contribution in [1.29, 1.82) is 0 Å². The van der Waals surface area contributed by atoms with E-state index >= 15 is 0 Å². The number of hydrogen-bond donors (Lipinski definition) is 1. The van der Waals surface area contributed by atoms with E-state index in [2.05, 4.69) is 4.98 Å². The van der Waals surface area contributed by atoms with E-state index in [4.69, 9.17) is 9.84 Å². The lowest BCUT2D eigenvalue weighted by Gasteiger charge is -2.09. The molecule has 0 spiro atoms. The molecule has 1 heterocycles. The lowest BCUT2D eigenvalue weighted by Crippen LogP contribution is -2.10. The fourth-order valence-electron chi connectivity index (χ4n) is 1.90. The molecule has 0 amide bonds. The Bertz CT molecular complexity index is 680. The predicted molar refractivity (Wildman–Crippen MR) is 72.5 cm³/mol. The van der Waals surface area contributed by atoms with Gasteiger partial charge in [-0.25, -0.2) is 9.78 Å². The van der Waals surface area contributed by atoms with Gasteiger partial charge in [-0.2, -0.15) is 0 Å². The number of nitrogens with zero attached hydrogens (tertiary/aromatic N) is 3. The zero-order chi connectivity index (χ0) is 15.4. The summed E-state index contributed by atoms with van der Waals surface area (Å²) in [5.74, 6) is -0.641. The standard InChI is InChI=1S/C13H13N3O5/c1-15-7-6-14-11(15)5-8-21-10-4-2-3-9(16(19)20)12(10)13(17)18/h2-4,6-7H,5,8H2,1H3,(H,17,18). The second-order valence-corrected chi connectivity index (χ2v) is 4.27. The molecule has 0 aliphatic heterocycles. The number of hydrogen-bond acceptors (Lipinski definition) is 5. The molecule has 8 nitrogen and oxygen atoms in total. The summed E-state index contributed by atoms with van der Waals surface area (Å²) in [5, 5.41) is 20.0. The van der Waals surface area contributed by atoms with E-state index in [1.54, 1.807) is 12.4 Å². The van der Waals surface area contributed by atoms with Gasteiger partial charge < -0.3 is 14.4 Å². The van der Waals surface area contributed by atoms with Gasteiger partial charge in [0.15, 0.2) is 5.56 Å². The van der Waals surface area contributed by atoms with E-state index in [1.807, 2.05) is 11.6 Å². The summed E-state index contributed by atoms with van der Waals surface area (Å²) in [6.07, 6.45) is 3.89. The normalized spacial score (nSPS) is 10.3. The molecule has 0 saturated carbocycles. The van der Waals surface area contributed by atoms with Gasteiger partial charge in [-0.15, -0.1) is 0 Å². The van der Waals surface area contributed by atoms with Crippen molar-refractivity contribution in [2.45, 2.75) is 6.42 Å². The highest BCUT2D eigenvalue weighted by atomic mass is 16.6. The molecule has 1 aromatic carbocycles. The van der Waals surface area contributed by atoms with Gasteiger partial charge in [-0.05, 0) is 6.07 Å². The van der Waals surface area contributed by atoms with Gasteiger partial charge >= 0.3 is 5.97 Å². The smallest absolute Gasteiger partial charge is 0.346 e. The first-order valence-electron chi connectivity index (χ1n) is 6.10. The largest absolute Gasteiger partial charge is 0.492 e. The van der Waals surface area contributed by atoms with Crippen molar-refractivity contribution in [3.8, 4) is 5.75 Å². The maximum atomic E-state index is 11.2. The van der Waals surface area contributed by atoms with Gasteiger partial charge in [-0.3, -0.25) is 10.1 Å². The molecule has 21 heavy (non-hydrogen) atoms. The van der Waals surface area contributed by atoms with E-state index in [1.165, 1.54) is 12.1 Å². The van der Waals surface area contributed by atoms with Crippen LogP contribution in [0.4, 0.5) is 5.69 Å². The van der Waals surface area contributed by atoms with Crippen LogP contribution >= 0.6 is 0 Å². The summed E-state index contributed by atoms with van der Waals surface area (Å²) in [4.78, 5) is 25.4. The van der Waals surface area contributed by atoms with Crippen LogP contribution in [0.25, 0.3) is 0 Å². The lowest BCUT2D eigenvalue weighted by molar-refractivity contribution is -0.385. The minimum absolute atomic E-state index is 0.0223. The Hall–Kier alpha value is -2.90. The Labute approximate surface area is 119 Å². The van der Waals surface area contributed by atoms with E-state index in [9.17, 15) is 14.9 Å². The number of carboxylic acid groups (broad SMARTS) is 1. The summed E-state index contributed by atoms with van der Waals surface area (Å²) < 4.78 is 7.19. The molecule has 2 aromatic rings. The number of nitro benzene ring substituents is 1. The van der Waals surface area contributed by atoms with Crippen LogP contribution in [0.1, 0.15) is 16.2 Å². The number of rotatable bonds is 6. The molecule has 0 fully saturated rings. The summed E-state index contributed by atoms with van der Waals surface area (Å²) in [7, 11) is 1.83. The third-order valence-electron chi connectivity index (χ3n) is 2.92. The third kappa shape index (κ3) is 3.16. The third-order valence-corrected chi connectivity index (χ3v) is 2.92. The second-order valence-electron chi connectivity index (χ2n) is 4.27. The summed E-state index contributed by atoms with van der Waals surface area (Å²) in [6.45, 7) is 0.173. The Balaban J connectivity index is 2.16. The van der Waals surface area contributed by atoms with Gasteiger partial charge in [0.05, 0.1) is 11.5 Å². The number of ether oxygens (including phenoxy) is 1. The number of nitro groups is 1. The van der Waals surface area contributed by atoms with Crippen molar-refractivity contribution in [3.63, 3.8) is 0 Å². The molecule has 0 unspecified atom stereocenters. The number of aromatic carboxylic acids is 1. The predicted octanol–water partition coefficient (Wildman–Crippen LogP) is 1.65. The minimum atomic E-state index is -1.39. The van der Waals surface area contributed by atoms with Crippen LogP contribution in [-0.2, 0) is 13.5 Å². The molecule has 1 aromatic heterocycles. The zero-order valence-electron chi connectivity index (χ0n) is 11.2. The average molecular weight is 291 g/mol. The Morgan fingerprint density at radius 3 is 2.86 bits per heavy atom. The molecule has 8 heteroatoms. The number of imidazole rings is 1. The first-order valence-corrected chi connectivity index (χ1v) is 6.10. The Kier molecular flexibility index (Phi) is 4.17. The Morgan fingerprint density at radius 2 is 2.29 bits per heavy atom. The van der Waals surface area contributed by atoms with Crippen molar-refractivity contribution >= 4 is 11.7 Å². The van der Waals surface area contributed by atoms with Gasteiger partial charge in [0.1, 0.15) is 11.6 Å². The molecule has 0 saturated heterocycles. The minimum Gasteiger partial charge on any atom is -0.492 e. The Morgan fingerprint density at radius 1 is 1.52 bits per heavy atom. The zero-order valence-corrected chi connectivity index (χ0v) is 11.2. The van der Waals surface area contributed by atoms with Gasteiger partial charge in [0, 0.05) is 31.9 Å². The fraction of sp³-hybridized carbons (Fsp3) is 0.231. The first-order chi connectivity index (χ1) is 10.0. The van der Waals surface area contributed by atoms with Gasteiger partial charge in [0.25, 0.3) is 5.69 Å². The molecule has 110 valence electrons. The van der Waals surface area contributed by atoms with Crippen molar-refractivity contribution in [2.24, 2.45) is 7.05 Å². The highest BCUT2D eigenvalue weighted by Crippen LogP contribution is 2.28. The maximum absolute atomic E-state index is 11.2. The average Bonchev–Trinajstić information content (AvgIpc) is 2.84. The van der Waals surface area contributed by atoms with Crippen LogP contribution in [-0.4, -0.2) is 32.2 Å². The second kappa shape index (κ2) is 6.04. The van der Waals surface area contributed by atoms with E-state index < -0.39 is 22.1 Å². The number of benzene rings is 1. The first kappa shape index (κ1) is 14.5. The van der Waals surface area contributed by atoms with Crippen molar-refractivity contribution < 1.29 is 19.6 Å². The van der Waals surface area contributed by atoms with E-state index in [0.29, 0.717) is 6.42 Å². The molecule has 1 N–H and O–H groups in total. The number of aromatic nitrogens is 2. The van der Waals surface area contributed by atoms with Crippen molar-refractivity contribution in [2.75, 3.05) is 6.61 Å². The molecule has 0 radical (unpaired) electrons. The summed E-state index contributed by atoms with van der Waals surface area (Å²) in [5.41, 5.74) is -0.931. The SMILES string of the molecule is Cn1ccnc1CCOc1cccc([N+](=O)[O-])c1C(=O)O. The van der Waals surface area contributed by atoms with Crippen LogP contribution in [0.2, 0.25) is 0 Å². The monoisotopic (exact) mass is 291 g/mol. The lowest BCUT2D eigenvalue weighted by atomic mass is 10.1. The van der Waals surface area contributed by atoms with Crippen LogP contribution < -0.4 is 4.74 Å². The van der Waals surface area contributed by atoms with Crippen LogP contribution in [0.3, 0.4) is 0 Å². The van der Waals surface area contributed by atoms with Crippen LogP contribution in [0.5, 0.6) is 5.75 Å². The van der Waals surface area contributed by atoms with Crippen LogP contribution in [0, 0.1) is 10.1 Å². The molecular weight excluding hydrogens is 278 g/mol. The van der Waals surface area contributed by atoms with Crippen molar-refractivity contribution in [1.82, 2.24) is 9.55 Å². The number of aryl methyl sites for hydroxylation is 1. The summed E-state index contributed by atoms with van der Waals surface area (Å²) in [6, 6.07) is 3.92. The van der Waals surface area contributed by atoms with Crippen molar-refractivity contribution in [3.05, 3.63) is 52.1 Å². The summed E-state index contributed by atoms with van der Waals surface area (Å²) >= 11 is 0. The van der Waals surface area contributed by atoms with Gasteiger partial charge in [-0.1, -0.05) is 6.07 Å². The molecule has 0 bridgehead atoms. The van der Waals surface area contributed by atoms with Gasteiger partial charge in [0.2, 0.25) is 0 Å². The van der Waals surface area contributed by atoms with E-state index in [-0.39, 0.29) is 12.4 Å². The highest BCUT2D eigenvalue weighted by molar-refractivity contribution is 5.95. The van der Waals surface area contributed by atoms with Crippen LogP contribution in [0.15, 0.2) is 30.6 Å². The molecule has 0 aliphatic carbocycles. The van der Waals surface area contributed by atoms with E-state index in [0.717, 1.165) is 11.9 Å². The fourth-order valence-corrected chi connectivity index (χ4v) is 1.90. The quantitative estimate of drug-likeness (QED) is 0.640. The topological polar surface area (TPSA) is 107 Å². The number of carbonyl (C=O) groups is 1.